The molecule has 3 aliphatic rings. The van der Waals surface area contributed by atoms with E-state index in [1.165, 1.54) is 6.92 Å². The van der Waals surface area contributed by atoms with Crippen LogP contribution in [0.5, 0.6) is 5.75 Å². The first-order valence-electron chi connectivity index (χ1n) is 10.1. The third kappa shape index (κ3) is 3.27. The van der Waals surface area contributed by atoms with Crippen LogP contribution in [0.3, 0.4) is 0 Å². The molecule has 1 aromatic carbocycles. The van der Waals surface area contributed by atoms with Gasteiger partial charge in [-0.25, -0.2) is 0 Å². The van der Waals surface area contributed by atoms with Crippen molar-refractivity contribution in [1.82, 2.24) is 0 Å². The Morgan fingerprint density at radius 1 is 1.27 bits per heavy atom. The lowest BCUT2D eigenvalue weighted by molar-refractivity contribution is -0.133. The molecule has 0 spiro atoms. The second-order valence-corrected chi connectivity index (χ2v) is 9.88. The third-order valence-electron chi connectivity index (χ3n) is 6.58. The second-order valence-electron chi connectivity index (χ2n) is 8.57. The lowest BCUT2D eigenvalue weighted by Gasteiger charge is -2.51. The van der Waals surface area contributed by atoms with Crippen molar-refractivity contribution >= 4 is 33.5 Å². The molecule has 0 saturated heterocycles. The molecule has 30 heavy (non-hydrogen) atoms. The Labute approximate surface area is 184 Å². The maximum Gasteiger partial charge on any atom is 0.308 e. The van der Waals surface area contributed by atoms with Crippen LogP contribution >= 0.6 is 15.9 Å². The molecule has 0 radical (unpaired) electrons. The Bertz CT molecular complexity index is 953. The van der Waals surface area contributed by atoms with E-state index in [0.29, 0.717) is 18.4 Å². The molecule has 4 rings (SSSR count). The van der Waals surface area contributed by atoms with E-state index in [2.05, 4.69) is 28.9 Å². The van der Waals surface area contributed by atoms with Gasteiger partial charge in [0.1, 0.15) is 16.9 Å². The number of Topliss-reactive ketones (excluding diaryl/α,β-unsaturated/α-hetero) is 2. The highest BCUT2D eigenvalue weighted by atomic mass is 79.9. The average molecular weight is 477 g/mol. The SMILES string of the molecule is COCOC1(C)CCC2C(=CCC3C(=O)c4c(OC(C)=O)cccc4C(=O)C32Br)C1. The van der Waals surface area contributed by atoms with Crippen molar-refractivity contribution < 1.29 is 28.6 Å². The van der Waals surface area contributed by atoms with E-state index in [-0.39, 0.29) is 41.2 Å². The number of methoxy groups -OCH3 is 1. The van der Waals surface area contributed by atoms with Crippen molar-refractivity contribution in [3.63, 3.8) is 0 Å². The van der Waals surface area contributed by atoms with Crippen LogP contribution in [0.25, 0.3) is 0 Å². The lowest BCUT2D eigenvalue weighted by Crippen LogP contribution is -2.57. The molecule has 0 heterocycles. The summed E-state index contributed by atoms with van der Waals surface area (Å²) in [4.78, 5) is 38.7. The van der Waals surface area contributed by atoms with Gasteiger partial charge in [0.15, 0.2) is 11.6 Å². The zero-order valence-corrected chi connectivity index (χ0v) is 18.9. The minimum absolute atomic E-state index is 0.0857. The number of allylic oxidation sites excluding steroid dienone is 1. The smallest absolute Gasteiger partial charge is 0.308 e. The van der Waals surface area contributed by atoms with Crippen LogP contribution in [-0.4, -0.2) is 41.4 Å². The number of carbonyl (C=O) groups is 3. The minimum Gasteiger partial charge on any atom is -0.426 e. The van der Waals surface area contributed by atoms with E-state index < -0.39 is 16.2 Å². The highest BCUT2D eigenvalue weighted by Gasteiger charge is 2.60. The van der Waals surface area contributed by atoms with Gasteiger partial charge in [-0.1, -0.05) is 39.7 Å². The highest BCUT2D eigenvalue weighted by Crippen LogP contribution is 2.57. The molecular weight excluding hydrogens is 452 g/mol. The number of esters is 1. The van der Waals surface area contributed by atoms with Crippen LogP contribution < -0.4 is 4.74 Å². The number of carbonyl (C=O) groups excluding carboxylic acids is 3. The van der Waals surface area contributed by atoms with Crippen LogP contribution in [0.2, 0.25) is 0 Å². The van der Waals surface area contributed by atoms with E-state index in [0.717, 1.165) is 18.4 Å². The van der Waals surface area contributed by atoms with Crippen LogP contribution in [0.1, 0.15) is 60.2 Å². The highest BCUT2D eigenvalue weighted by molar-refractivity contribution is 9.10. The molecule has 1 saturated carbocycles. The Balaban J connectivity index is 1.73. The maximum absolute atomic E-state index is 13.7. The van der Waals surface area contributed by atoms with Crippen LogP contribution in [0.15, 0.2) is 29.8 Å². The molecule has 1 fully saturated rings. The Hall–Kier alpha value is -1.83. The van der Waals surface area contributed by atoms with E-state index in [1.54, 1.807) is 25.3 Å². The first-order chi connectivity index (χ1) is 14.2. The van der Waals surface area contributed by atoms with Gasteiger partial charge in [-0.2, -0.15) is 0 Å². The molecule has 0 N–H and O–H groups in total. The number of halogens is 1. The summed E-state index contributed by atoms with van der Waals surface area (Å²) in [5, 5.41) is 0. The largest absolute Gasteiger partial charge is 0.426 e. The maximum atomic E-state index is 13.7. The summed E-state index contributed by atoms with van der Waals surface area (Å²) >= 11 is 3.77. The number of benzene rings is 1. The molecule has 7 heteroatoms. The predicted octanol–water partition coefficient (Wildman–Crippen LogP) is 4.25. The van der Waals surface area contributed by atoms with E-state index in [9.17, 15) is 14.4 Å². The zero-order chi connectivity index (χ0) is 21.7. The quantitative estimate of drug-likeness (QED) is 0.212. The van der Waals surface area contributed by atoms with Gasteiger partial charge in [0.05, 0.1) is 11.2 Å². The van der Waals surface area contributed by atoms with Crippen molar-refractivity contribution in [3.05, 3.63) is 41.0 Å². The third-order valence-corrected chi connectivity index (χ3v) is 8.04. The minimum atomic E-state index is -0.988. The average Bonchev–Trinajstić information content (AvgIpc) is 2.70. The number of alkyl halides is 1. The molecule has 160 valence electrons. The fraction of sp³-hybridized carbons (Fsp3) is 0.522. The summed E-state index contributed by atoms with van der Waals surface area (Å²) in [7, 11) is 1.60. The summed E-state index contributed by atoms with van der Waals surface area (Å²) in [6.45, 7) is 3.56. The van der Waals surface area contributed by atoms with Crippen LogP contribution in [-0.2, 0) is 14.3 Å². The molecule has 4 unspecified atom stereocenters. The number of hydrogen-bond donors (Lipinski definition) is 0. The normalized spacial score (nSPS) is 32.6. The van der Waals surface area contributed by atoms with Crippen molar-refractivity contribution in [2.24, 2.45) is 11.8 Å². The topological polar surface area (TPSA) is 78.9 Å². The molecule has 6 nitrogen and oxygen atoms in total. The van der Waals surface area contributed by atoms with Crippen molar-refractivity contribution in [3.8, 4) is 5.75 Å². The molecule has 3 aliphatic carbocycles. The summed E-state index contributed by atoms with van der Waals surface area (Å²) in [5.41, 5.74) is 1.33. The van der Waals surface area contributed by atoms with E-state index >= 15 is 0 Å². The van der Waals surface area contributed by atoms with E-state index in [1.807, 2.05) is 0 Å². The van der Waals surface area contributed by atoms with Gasteiger partial charge in [-0.15, -0.1) is 0 Å². The Kier molecular flexibility index (Phi) is 5.49. The zero-order valence-electron chi connectivity index (χ0n) is 17.3. The molecule has 1 aromatic rings. The van der Waals surface area contributed by atoms with Gasteiger partial charge < -0.3 is 14.2 Å². The van der Waals surface area contributed by atoms with Gasteiger partial charge in [-0.3, -0.25) is 14.4 Å². The van der Waals surface area contributed by atoms with Crippen molar-refractivity contribution in [2.75, 3.05) is 13.9 Å². The summed E-state index contributed by atoms with van der Waals surface area (Å²) in [6.07, 6.45) is 4.73. The molecule has 4 atom stereocenters. The number of rotatable bonds is 4. The number of hydrogen-bond acceptors (Lipinski definition) is 6. The van der Waals surface area contributed by atoms with Gasteiger partial charge in [-0.05, 0) is 38.7 Å². The molecule has 0 amide bonds. The van der Waals surface area contributed by atoms with Crippen molar-refractivity contribution in [1.29, 1.82) is 0 Å². The lowest BCUT2D eigenvalue weighted by atomic mass is 9.58. The predicted molar refractivity (Wildman–Crippen MR) is 113 cm³/mol. The first kappa shape index (κ1) is 21.4. The number of ketones is 2. The van der Waals surface area contributed by atoms with Gasteiger partial charge in [0, 0.05) is 31.4 Å². The fourth-order valence-corrected chi connectivity index (χ4v) is 6.32. The fourth-order valence-electron chi connectivity index (χ4n) is 5.19. The Morgan fingerprint density at radius 3 is 2.73 bits per heavy atom. The second kappa shape index (κ2) is 7.70. The monoisotopic (exact) mass is 476 g/mol. The molecule has 0 bridgehead atoms. The molecular formula is C23H25BrO6. The van der Waals surface area contributed by atoms with E-state index in [4.69, 9.17) is 14.2 Å². The first-order valence-corrected chi connectivity index (χ1v) is 10.9. The number of fused-ring (bicyclic) bond motifs is 4. The van der Waals surface area contributed by atoms with Gasteiger partial charge in [0.2, 0.25) is 0 Å². The van der Waals surface area contributed by atoms with Gasteiger partial charge >= 0.3 is 5.97 Å². The summed E-state index contributed by atoms with van der Waals surface area (Å²) in [6, 6.07) is 4.86. The molecule has 0 aliphatic heterocycles. The van der Waals surface area contributed by atoms with Crippen LogP contribution in [0, 0.1) is 11.8 Å². The number of ether oxygens (including phenoxy) is 3. The molecule has 0 aromatic heterocycles. The Morgan fingerprint density at radius 2 is 2.03 bits per heavy atom. The summed E-state index contributed by atoms with van der Waals surface area (Å²) < 4.78 is 15.2. The standard InChI is InChI=1S/C23H25BrO6/c1-13(25)30-18-6-4-5-15-19(18)20(26)17-8-7-14-11-22(2,29-12-28-3)10-9-16(14)23(17,24)21(15)27/h4-7,16-17H,8-12H2,1-3H3. The van der Waals surface area contributed by atoms with Crippen LogP contribution in [0.4, 0.5) is 0 Å². The van der Waals surface area contributed by atoms with Gasteiger partial charge in [0.25, 0.3) is 0 Å². The van der Waals surface area contributed by atoms with Crippen molar-refractivity contribution in [2.45, 2.75) is 49.5 Å². The summed E-state index contributed by atoms with van der Waals surface area (Å²) in [5.74, 6) is -1.25.